The van der Waals surface area contributed by atoms with Gasteiger partial charge in [-0.3, -0.25) is 10.1 Å². The third-order valence-electron chi connectivity index (χ3n) is 4.34. The topological polar surface area (TPSA) is 90.5 Å². The summed E-state index contributed by atoms with van der Waals surface area (Å²) in [5, 5.41) is 8.30. The normalized spacial score (nSPS) is 19.5. The van der Waals surface area contributed by atoms with Gasteiger partial charge in [-0.25, -0.2) is 9.59 Å². The lowest BCUT2D eigenvalue weighted by Gasteiger charge is -2.36. The zero-order valence-corrected chi connectivity index (χ0v) is 13.4. The second-order valence-corrected chi connectivity index (χ2v) is 6.28. The lowest BCUT2D eigenvalue weighted by molar-refractivity contribution is -0.125. The molecule has 3 N–H and O–H groups in total. The molecular weight excluding hydrogens is 320 g/mol. The third-order valence-corrected chi connectivity index (χ3v) is 4.75. The van der Waals surface area contributed by atoms with Crippen molar-refractivity contribution in [3.05, 3.63) is 28.8 Å². The van der Waals surface area contributed by atoms with Gasteiger partial charge >= 0.3 is 12.1 Å². The Kier molecular flexibility index (Phi) is 3.89. The van der Waals surface area contributed by atoms with Crippen molar-refractivity contribution in [3.8, 4) is 0 Å². The third kappa shape index (κ3) is 2.96. The van der Waals surface area contributed by atoms with Crippen LogP contribution >= 0.6 is 11.6 Å². The van der Waals surface area contributed by atoms with E-state index in [1.54, 1.807) is 17.0 Å². The first-order valence-electron chi connectivity index (χ1n) is 7.35. The maximum absolute atomic E-state index is 12.3. The molecule has 122 valence electrons. The van der Waals surface area contributed by atoms with Crippen LogP contribution in [0.2, 0.25) is 5.02 Å². The van der Waals surface area contributed by atoms with E-state index in [1.807, 2.05) is 13.0 Å². The van der Waals surface area contributed by atoms with Crippen LogP contribution in [0.4, 0.5) is 15.3 Å². The lowest BCUT2D eigenvalue weighted by Crippen LogP contribution is -2.56. The van der Waals surface area contributed by atoms with Crippen molar-refractivity contribution in [3.63, 3.8) is 0 Å². The SMILES string of the molecule is Cc1ccc(NC(=O)N2CCC3(CC2)NC(=O)NC3=O)cc1Cl. The number of aryl methyl sites for hydroxylation is 1. The summed E-state index contributed by atoms with van der Waals surface area (Å²) in [5.41, 5.74) is 0.687. The van der Waals surface area contributed by atoms with Crippen LogP contribution in [-0.4, -0.2) is 41.5 Å². The Morgan fingerprint density at radius 2 is 2.00 bits per heavy atom. The first-order chi connectivity index (χ1) is 10.9. The Labute approximate surface area is 138 Å². The molecule has 0 aliphatic carbocycles. The number of amides is 5. The fourth-order valence-corrected chi connectivity index (χ4v) is 3.03. The molecule has 3 rings (SSSR count). The van der Waals surface area contributed by atoms with E-state index in [0.717, 1.165) is 5.56 Å². The van der Waals surface area contributed by atoms with Crippen LogP contribution in [0.15, 0.2) is 18.2 Å². The Balaban J connectivity index is 1.61. The van der Waals surface area contributed by atoms with E-state index in [-0.39, 0.29) is 11.9 Å². The monoisotopic (exact) mass is 336 g/mol. The van der Waals surface area contributed by atoms with Crippen molar-refractivity contribution in [2.45, 2.75) is 25.3 Å². The fraction of sp³-hybridized carbons (Fsp3) is 0.400. The highest BCUT2D eigenvalue weighted by Gasteiger charge is 2.48. The number of hydrogen-bond acceptors (Lipinski definition) is 3. The molecule has 0 radical (unpaired) electrons. The molecule has 2 heterocycles. The van der Waals surface area contributed by atoms with Gasteiger partial charge in [0.05, 0.1) is 0 Å². The minimum Gasteiger partial charge on any atom is -0.324 e. The molecule has 0 atom stereocenters. The van der Waals surface area contributed by atoms with Crippen LogP contribution in [0.3, 0.4) is 0 Å². The minimum absolute atomic E-state index is 0.246. The Bertz CT molecular complexity index is 683. The van der Waals surface area contributed by atoms with E-state index in [0.29, 0.717) is 36.6 Å². The van der Waals surface area contributed by atoms with E-state index in [1.165, 1.54) is 0 Å². The van der Waals surface area contributed by atoms with E-state index >= 15 is 0 Å². The predicted molar refractivity (Wildman–Crippen MR) is 85.4 cm³/mol. The van der Waals surface area contributed by atoms with Gasteiger partial charge in [0.25, 0.3) is 5.91 Å². The van der Waals surface area contributed by atoms with Crippen LogP contribution in [0, 0.1) is 6.92 Å². The second kappa shape index (κ2) is 5.73. The maximum Gasteiger partial charge on any atom is 0.322 e. The van der Waals surface area contributed by atoms with Crippen molar-refractivity contribution in [1.29, 1.82) is 0 Å². The van der Waals surface area contributed by atoms with Crippen LogP contribution in [0.5, 0.6) is 0 Å². The molecule has 2 aliphatic heterocycles. The number of carbonyl (C=O) groups is 3. The zero-order valence-electron chi connectivity index (χ0n) is 12.6. The van der Waals surface area contributed by atoms with Crippen LogP contribution < -0.4 is 16.0 Å². The number of carbonyl (C=O) groups excluding carboxylic acids is 3. The highest BCUT2D eigenvalue weighted by Crippen LogP contribution is 2.26. The van der Waals surface area contributed by atoms with E-state index < -0.39 is 11.6 Å². The Morgan fingerprint density at radius 3 is 2.57 bits per heavy atom. The van der Waals surface area contributed by atoms with E-state index in [4.69, 9.17) is 11.6 Å². The zero-order chi connectivity index (χ0) is 16.6. The summed E-state index contributed by atoms with van der Waals surface area (Å²) < 4.78 is 0. The Morgan fingerprint density at radius 1 is 1.30 bits per heavy atom. The highest BCUT2D eigenvalue weighted by molar-refractivity contribution is 6.31. The summed E-state index contributed by atoms with van der Waals surface area (Å²) in [6, 6.07) is 4.61. The molecule has 7 nitrogen and oxygen atoms in total. The van der Waals surface area contributed by atoms with Crippen LogP contribution in [0.1, 0.15) is 18.4 Å². The molecule has 0 bridgehead atoms. The van der Waals surface area contributed by atoms with Gasteiger partial charge < -0.3 is 15.5 Å². The number of hydrogen-bond donors (Lipinski definition) is 3. The summed E-state index contributed by atoms with van der Waals surface area (Å²) in [5.74, 6) is -0.312. The second-order valence-electron chi connectivity index (χ2n) is 5.87. The molecule has 0 saturated carbocycles. The first kappa shape index (κ1) is 15.6. The maximum atomic E-state index is 12.3. The molecule has 0 unspecified atom stereocenters. The van der Waals surface area contributed by atoms with Gasteiger partial charge in [0.2, 0.25) is 0 Å². The number of urea groups is 2. The van der Waals surface area contributed by atoms with Gasteiger partial charge in [0.1, 0.15) is 5.54 Å². The average Bonchev–Trinajstić information content (AvgIpc) is 2.77. The van der Waals surface area contributed by atoms with Gasteiger partial charge in [-0.05, 0) is 37.5 Å². The summed E-state index contributed by atoms with van der Waals surface area (Å²) in [7, 11) is 0. The largest absolute Gasteiger partial charge is 0.324 e. The van der Waals surface area contributed by atoms with Crippen molar-refractivity contribution >= 4 is 35.3 Å². The minimum atomic E-state index is -0.874. The number of rotatable bonds is 1. The number of piperidine rings is 1. The Hall–Kier alpha value is -2.28. The average molecular weight is 337 g/mol. The van der Waals surface area contributed by atoms with Gasteiger partial charge in [-0.15, -0.1) is 0 Å². The summed E-state index contributed by atoms with van der Waals surface area (Å²) in [6.45, 7) is 2.66. The summed E-state index contributed by atoms with van der Waals surface area (Å²) in [6.07, 6.45) is 0.791. The van der Waals surface area contributed by atoms with Gasteiger partial charge in [0.15, 0.2) is 0 Å². The number of anilines is 1. The molecule has 2 fully saturated rings. The van der Waals surface area contributed by atoms with E-state index in [9.17, 15) is 14.4 Å². The molecule has 1 aromatic rings. The molecule has 5 amide bonds. The number of nitrogens with zero attached hydrogens (tertiary/aromatic N) is 1. The van der Waals surface area contributed by atoms with Crippen molar-refractivity contribution in [2.75, 3.05) is 18.4 Å². The first-order valence-corrected chi connectivity index (χ1v) is 7.73. The van der Waals surface area contributed by atoms with Gasteiger partial charge in [-0.2, -0.15) is 0 Å². The van der Waals surface area contributed by atoms with E-state index in [2.05, 4.69) is 16.0 Å². The highest BCUT2D eigenvalue weighted by atomic mass is 35.5. The smallest absolute Gasteiger partial charge is 0.322 e. The van der Waals surface area contributed by atoms with Gasteiger partial charge in [-0.1, -0.05) is 17.7 Å². The molecule has 2 saturated heterocycles. The lowest BCUT2D eigenvalue weighted by atomic mass is 9.88. The molecule has 2 aliphatic rings. The predicted octanol–water partition coefficient (Wildman–Crippen LogP) is 1.85. The molecular formula is C15H17ClN4O3. The molecule has 1 aromatic carbocycles. The molecule has 23 heavy (non-hydrogen) atoms. The molecule has 8 heteroatoms. The molecule has 0 aromatic heterocycles. The number of imide groups is 1. The van der Waals surface area contributed by atoms with Crippen molar-refractivity contribution in [1.82, 2.24) is 15.5 Å². The molecule has 1 spiro atoms. The number of nitrogens with one attached hydrogen (secondary N) is 3. The summed E-state index contributed by atoms with van der Waals surface area (Å²) in [4.78, 5) is 37.1. The van der Waals surface area contributed by atoms with Crippen molar-refractivity contribution in [2.24, 2.45) is 0 Å². The standard InChI is InChI=1S/C15H17ClN4O3/c1-9-2-3-10(8-11(9)16)17-14(23)20-6-4-15(5-7-20)12(21)18-13(22)19-15/h2-3,8H,4-7H2,1H3,(H,17,23)(H2,18,19,21,22). The fourth-order valence-electron chi connectivity index (χ4n) is 2.84. The van der Waals surface area contributed by atoms with Crippen molar-refractivity contribution < 1.29 is 14.4 Å². The quantitative estimate of drug-likeness (QED) is 0.684. The summed E-state index contributed by atoms with van der Waals surface area (Å²) >= 11 is 6.05. The number of benzene rings is 1. The number of halogens is 1. The van der Waals surface area contributed by atoms with Crippen LogP contribution in [-0.2, 0) is 4.79 Å². The van der Waals surface area contributed by atoms with Crippen LogP contribution in [0.25, 0.3) is 0 Å². The van der Waals surface area contributed by atoms with Gasteiger partial charge in [0, 0.05) is 23.8 Å². The number of likely N-dealkylation sites (tertiary alicyclic amines) is 1.